The molecule has 3 rings (SSSR count). The summed E-state index contributed by atoms with van der Waals surface area (Å²) < 4.78 is 0. The first-order chi connectivity index (χ1) is 12.1. The number of rotatable bonds is 8. The molecule has 1 aromatic rings. The van der Waals surface area contributed by atoms with Gasteiger partial charge in [-0.25, -0.2) is 0 Å². The molecule has 0 spiro atoms. The fraction of sp³-hybridized carbons (Fsp3) is 0.579. The summed E-state index contributed by atoms with van der Waals surface area (Å²) >= 11 is 0. The Bertz CT molecular complexity index is 592. The molecular weight excluding hydrogens is 316 g/mol. The number of benzene rings is 1. The fourth-order valence-electron chi connectivity index (χ4n) is 3.37. The molecule has 2 aliphatic rings. The van der Waals surface area contributed by atoms with Crippen LogP contribution in [0.1, 0.15) is 31.2 Å². The second-order valence-corrected chi connectivity index (χ2v) is 7.53. The summed E-state index contributed by atoms with van der Waals surface area (Å²) in [7, 11) is 1.87. The molecule has 136 valence electrons. The molecule has 6 heteroatoms. The van der Waals surface area contributed by atoms with Crippen molar-refractivity contribution in [3.05, 3.63) is 29.8 Å². The summed E-state index contributed by atoms with van der Waals surface area (Å²) in [6, 6.07) is 8.51. The average molecular weight is 346 g/mol. The Hall–Kier alpha value is -1.92. The number of carbonyl (C=O) groups excluding carboxylic acids is 2. The molecule has 0 radical (unpaired) electrons. The largest absolute Gasteiger partial charge is 0.348 e. The van der Waals surface area contributed by atoms with Crippen molar-refractivity contribution < 1.29 is 19.4 Å². The van der Waals surface area contributed by atoms with Crippen LogP contribution in [0.25, 0.3) is 0 Å². The van der Waals surface area contributed by atoms with E-state index in [1.165, 1.54) is 31.5 Å². The third kappa shape index (κ3) is 6.14. The number of anilines is 1. The summed E-state index contributed by atoms with van der Waals surface area (Å²) in [5, 5.41) is 5.87. The van der Waals surface area contributed by atoms with E-state index in [4.69, 9.17) is 0 Å². The molecule has 25 heavy (non-hydrogen) atoms. The van der Waals surface area contributed by atoms with E-state index in [-0.39, 0.29) is 18.4 Å². The summed E-state index contributed by atoms with van der Waals surface area (Å²) in [6.07, 6.45) is 4.83. The second kappa shape index (κ2) is 8.45. The lowest BCUT2D eigenvalue weighted by Gasteiger charge is -2.14. The number of hydrogen-bond donors (Lipinski definition) is 4. The highest BCUT2D eigenvalue weighted by Gasteiger charge is 2.25. The Morgan fingerprint density at radius 3 is 2.36 bits per heavy atom. The van der Waals surface area contributed by atoms with Gasteiger partial charge in [0.15, 0.2) is 13.1 Å². The van der Waals surface area contributed by atoms with Gasteiger partial charge in [-0.2, -0.15) is 0 Å². The van der Waals surface area contributed by atoms with Crippen LogP contribution in [0.4, 0.5) is 5.69 Å². The van der Waals surface area contributed by atoms with E-state index in [1.807, 2.05) is 19.2 Å². The maximum atomic E-state index is 12.1. The van der Waals surface area contributed by atoms with Gasteiger partial charge in [0.1, 0.15) is 6.54 Å². The highest BCUT2D eigenvalue weighted by molar-refractivity contribution is 5.91. The maximum absolute atomic E-state index is 12.1. The first-order valence-corrected chi connectivity index (χ1v) is 9.41. The van der Waals surface area contributed by atoms with Gasteiger partial charge in [0.25, 0.3) is 11.8 Å². The molecule has 2 fully saturated rings. The summed E-state index contributed by atoms with van der Waals surface area (Å²) in [5.41, 5.74) is 2.13. The molecule has 1 aliphatic carbocycles. The molecule has 2 amide bonds. The van der Waals surface area contributed by atoms with E-state index in [0.717, 1.165) is 30.0 Å². The van der Waals surface area contributed by atoms with E-state index in [9.17, 15) is 9.59 Å². The number of amides is 2. The van der Waals surface area contributed by atoms with Crippen LogP contribution >= 0.6 is 0 Å². The highest BCUT2D eigenvalue weighted by Crippen LogP contribution is 2.18. The van der Waals surface area contributed by atoms with Gasteiger partial charge in [0.05, 0.1) is 20.1 Å². The zero-order valence-corrected chi connectivity index (χ0v) is 15.1. The Balaban J connectivity index is 1.39. The number of quaternary nitrogens is 2. The smallest absolute Gasteiger partial charge is 0.279 e. The van der Waals surface area contributed by atoms with E-state index in [2.05, 4.69) is 22.8 Å². The van der Waals surface area contributed by atoms with Gasteiger partial charge in [0, 0.05) is 30.1 Å². The van der Waals surface area contributed by atoms with E-state index in [0.29, 0.717) is 12.6 Å². The minimum absolute atomic E-state index is 0.0292. The molecule has 1 saturated carbocycles. The Morgan fingerprint density at radius 1 is 1.08 bits per heavy atom. The first-order valence-electron chi connectivity index (χ1n) is 9.41. The zero-order valence-electron chi connectivity index (χ0n) is 15.1. The van der Waals surface area contributed by atoms with Gasteiger partial charge >= 0.3 is 0 Å². The van der Waals surface area contributed by atoms with Crippen molar-refractivity contribution in [2.24, 2.45) is 0 Å². The second-order valence-electron chi connectivity index (χ2n) is 7.53. The number of likely N-dealkylation sites (N-methyl/N-ethyl adjacent to an activating group) is 1. The molecule has 4 N–H and O–H groups in total. The van der Waals surface area contributed by atoms with Crippen molar-refractivity contribution in [1.82, 2.24) is 5.32 Å². The monoisotopic (exact) mass is 346 g/mol. The maximum Gasteiger partial charge on any atom is 0.279 e. The normalized spacial score (nSPS) is 18.8. The number of likely N-dealkylation sites (tertiary alicyclic amines) is 1. The van der Waals surface area contributed by atoms with Crippen molar-refractivity contribution in [3.8, 4) is 0 Å². The Kier molecular flexibility index (Phi) is 6.04. The average Bonchev–Trinajstić information content (AvgIpc) is 3.21. The van der Waals surface area contributed by atoms with Crippen molar-refractivity contribution >= 4 is 17.5 Å². The minimum Gasteiger partial charge on any atom is -0.348 e. The van der Waals surface area contributed by atoms with Crippen LogP contribution in [0, 0.1) is 0 Å². The number of hydrogen-bond acceptors (Lipinski definition) is 2. The molecule has 0 aromatic heterocycles. The van der Waals surface area contributed by atoms with Crippen molar-refractivity contribution in [2.45, 2.75) is 38.3 Å². The number of carbonyl (C=O) groups is 2. The van der Waals surface area contributed by atoms with Crippen LogP contribution in [0.2, 0.25) is 0 Å². The predicted octanol–water partition coefficient (Wildman–Crippen LogP) is -1.40. The Labute approximate surface area is 149 Å². The molecule has 1 aromatic carbocycles. The molecule has 1 saturated heterocycles. The summed E-state index contributed by atoms with van der Waals surface area (Å²) in [4.78, 5) is 26.4. The summed E-state index contributed by atoms with van der Waals surface area (Å²) in [5.74, 6) is -0.0313. The standard InChI is InChI=1S/C19H28N4O2/c1-22(14-19(25)21-17-8-9-17)13-18(24)20-16-6-4-15(5-7-16)12-23-10-2-3-11-23/h4-7,17H,2-3,8-14H2,1H3,(H,20,24)(H,21,25)/p+2. The topological polar surface area (TPSA) is 67.1 Å². The van der Waals surface area contributed by atoms with Gasteiger partial charge < -0.3 is 20.4 Å². The molecule has 1 aliphatic heterocycles. The predicted molar refractivity (Wildman–Crippen MR) is 96.5 cm³/mol. The Morgan fingerprint density at radius 2 is 1.72 bits per heavy atom. The van der Waals surface area contributed by atoms with Crippen LogP contribution in [0.3, 0.4) is 0 Å². The molecule has 6 nitrogen and oxygen atoms in total. The summed E-state index contributed by atoms with van der Waals surface area (Å²) in [6.45, 7) is 4.22. The van der Waals surface area contributed by atoms with Crippen molar-refractivity contribution in [1.29, 1.82) is 0 Å². The van der Waals surface area contributed by atoms with Crippen LogP contribution in [-0.4, -0.2) is 51.1 Å². The van der Waals surface area contributed by atoms with E-state index >= 15 is 0 Å². The third-order valence-electron chi connectivity index (χ3n) is 4.87. The minimum atomic E-state index is -0.0605. The van der Waals surface area contributed by atoms with Crippen LogP contribution in [-0.2, 0) is 16.1 Å². The van der Waals surface area contributed by atoms with E-state index in [1.54, 1.807) is 4.90 Å². The van der Waals surface area contributed by atoms with Crippen molar-refractivity contribution in [3.63, 3.8) is 0 Å². The van der Waals surface area contributed by atoms with Gasteiger partial charge in [-0.3, -0.25) is 9.59 Å². The van der Waals surface area contributed by atoms with Crippen molar-refractivity contribution in [2.75, 3.05) is 38.5 Å². The highest BCUT2D eigenvalue weighted by atomic mass is 16.2. The lowest BCUT2D eigenvalue weighted by molar-refractivity contribution is -0.901. The molecule has 1 unspecified atom stereocenters. The SMILES string of the molecule is C[NH+](CC(=O)Nc1ccc(C[NH+]2CCCC2)cc1)CC(=O)NC1CC1. The van der Waals surface area contributed by atoms with Crippen LogP contribution < -0.4 is 20.4 Å². The van der Waals surface area contributed by atoms with E-state index < -0.39 is 0 Å². The zero-order chi connectivity index (χ0) is 17.6. The number of nitrogens with one attached hydrogen (secondary N) is 4. The lowest BCUT2D eigenvalue weighted by atomic mass is 10.2. The molecule has 1 heterocycles. The third-order valence-corrected chi connectivity index (χ3v) is 4.87. The quantitative estimate of drug-likeness (QED) is 0.468. The van der Waals surface area contributed by atoms with Crippen LogP contribution in [0.5, 0.6) is 0 Å². The first kappa shape index (κ1) is 17.9. The van der Waals surface area contributed by atoms with Gasteiger partial charge in [-0.1, -0.05) is 12.1 Å². The van der Waals surface area contributed by atoms with Gasteiger partial charge in [-0.05, 0) is 25.0 Å². The van der Waals surface area contributed by atoms with Gasteiger partial charge in [-0.15, -0.1) is 0 Å². The van der Waals surface area contributed by atoms with Gasteiger partial charge in [0.2, 0.25) is 0 Å². The molecular formula is C19H30N4O2+2. The molecule has 0 bridgehead atoms. The lowest BCUT2D eigenvalue weighted by Crippen LogP contribution is -3.11. The molecule has 1 atom stereocenters. The fourth-order valence-corrected chi connectivity index (χ4v) is 3.37. The van der Waals surface area contributed by atoms with Crippen LogP contribution in [0.15, 0.2) is 24.3 Å².